The van der Waals surface area contributed by atoms with Crippen LogP contribution in [0.15, 0.2) is 66.0 Å². The number of nitrogens with zero attached hydrogens (tertiary/aromatic N) is 2. The molecule has 0 atom stereocenters. The van der Waals surface area contributed by atoms with Crippen molar-refractivity contribution in [3.63, 3.8) is 0 Å². The first-order valence-corrected chi connectivity index (χ1v) is 11.7. The number of nitrogens with one attached hydrogen (secondary N) is 1. The van der Waals surface area contributed by atoms with Gasteiger partial charge in [-0.1, -0.05) is 30.3 Å². The predicted octanol–water partition coefficient (Wildman–Crippen LogP) is 4.35. The molecule has 0 bridgehead atoms. The SMILES string of the molecule is CCN(CC(=O)Nc1ccc(N2CCOCC2)cc1)C(=O)c1sccc1-c1ccccc1. The lowest BCUT2D eigenvalue weighted by molar-refractivity contribution is -0.116. The molecular weight excluding hydrogens is 422 g/mol. The molecule has 166 valence electrons. The number of hydrogen-bond donors (Lipinski definition) is 1. The Morgan fingerprint density at radius 1 is 1.03 bits per heavy atom. The van der Waals surface area contributed by atoms with E-state index in [4.69, 9.17) is 4.74 Å². The number of carbonyl (C=O) groups is 2. The van der Waals surface area contributed by atoms with Crippen LogP contribution < -0.4 is 10.2 Å². The van der Waals surface area contributed by atoms with E-state index < -0.39 is 0 Å². The lowest BCUT2D eigenvalue weighted by Gasteiger charge is -2.29. The molecular formula is C25H27N3O3S. The lowest BCUT2D eigenvalue weighted by Crippen LogP contribution is -2.37. The van der Waals surface area contributed by atoms with Gasteiger partial charge < -0.3 is 19.9 Å². The Bertz CT molecular complexity index is 1040. The summed E-state index contributed by atoms with van der Waals surface area (Å²) in [5.74, 6) is -0.337. The first-order valence-electron chi connectivity index (χ1n) is 10.8. The molecule has 7 heteroatoms. The molecule has 6 nitrogen and oxygen atoms in total. The molecule has 1 N–H and O–H groups in total. The van der Waals surface area contributed by atoms with Crippen molar-refractivity contribution < 1.29 is 14.3 Å². The Morgan fingerprint density at radius 3 is 2.44 bits per heavy atom. The minimum atomic E-state index is -0.211. The molecule has 0 unspecified atom stereocenters. The quantitative estimate of drug-likeness (QED) is 0.583. The molecule has 0 aliphatic carbocycles. The molecule has 2 heterocycles. The van der Waals surface area contributed by atoms with Crippen LogP contribution >= 0.6 is 11.3 Å². The summed E-state index contributed by atoms with van der Waals surface area (Å²) in [5.41, 5.74) is 3.73. The molecule has 1 aliphatic rings. The van der Waals surface area contributed by atoms with Crippen LogP contribution in [0.2, 0.25) is 0 Å². The van der Waals surface area contributed by atoms with Gasteiger partial charge in [-0.2, -0.15) is 0 Å². The highest BCUT2D eigenvalue weighted by Gasteiger charge is 2.22. The van der Waals surface area contributed by atoms with Crippen molar-refractivity contribution >= 4 is 34.5 Å². The van der Waals surface area contributed by atoms with Crippen molar-refractivity contribution in [2.24, 2.45) is 0 Å². The number of ether oxygens (including phenoxy) is 1. The fraction of sp³-hybridized carbons (Fsp3) is 0.280. The minimum absolute atomic E-state index is 0.00663. The number of rotatable bonds is 7. The van der Waals surface area contributed by atoms with Crippen molar-refractivity contribution in [3.05, 3.63) is 70.9 Å². The van der Waals surface area contributed by atoms with Gasteiger partial charge in [0.15, 0.2) is 0 Å². The second-order valence-electron chi connectivity index (χ2n) is 7.54. The zero-order valence-electron chi connectivity index (χ0n) is 18.1. The van der Waals surface area contributed by atoms with Crippen LogP contribution in [0.5, 0.6) is 0 Å². The molecule has 32 heavy (non-hydrogen) atoms. The van der Waals surface area contributed by atoms with Crippen molar-refractivity contribution in [1.29, 1.82) is 0 Å². The van der Waals surface area contributed by atoms with E-state index in [1.165, 1.54) is 11.3 Å². The number of likely N-dealkylation sites (N-methyl/N-ethyl adjacent to an activating group) is 1. The second kappa shape index (κ2) is 10.4. The van der Waals surface area contributed by atoms with Crippen LogP contribution in [0, 0.1) is 0 Å². The summed E-state index contributed by atoms with van der Waals surface area (Å²) in [7, 11) is 0. The zero-order chi connectivity index (χ0) is 22.3. The fourth-order valence-corrected chi connectivity index (χ4v) is 4.62. The Labute approximate surface area is 192 Å². The number of thiophene rings is 1. The Hall–Kier alpha value is -3.16. The highest BCUT2D eigenvalue weighted by Crippen LogP contribution is 2.29. The van der Waals surface area contributed by atoms with Crippen molar-refractivity contribution in [3.8, 4) is 11.1 Å². The van der Waals surface area contributed by atoms with E-state index in [1.807, 2.05) is 73.0 Å². The van der Waals surface area contributed by atoms with Crippen LogP contribution in [0.1, 0.15) is 16.6 Å². The minimum Gasteiger partial charge on any atom is -0.378 e. The van der Waals surface area contributed by atoms with Gasteiger partial charge in [-0.25, -0.2) is 0 Å². The Morgan fingerprint density at radius 2 is 1.75 bits per heavy atom. The van der Waals surface area contributed by atoms with Gasteiger partial charge in [0.05, 0.1) is 18.1 Å². The van der Waals surface area contributed by atoms with E-state index >= 15 is 0 Å². The average Bonchev–Trinajstić information content (AvgIpc) is 3.34. The molecule has 2 aromatic carbocycles. The van der Waals surface area contributed by atoms with E-state index in [-0.39, 0.29) is 18.4 Å². The van der Waals surface area contributed by atoms with Crippen molar-refractivity contribution in [1.82, 2.24) is 4.90 Å². The summed E-state index contributed by atoms with van der Waals surface area (Å²) in [6.07, 6.45) is 0. The molecule has 4 rings (SSSR count). The molecule has 1 saturated heterocycles. The molecule has 1 aromatic heterocycles. The van der Waals surface area contributed by atoms with Gasteiger partial charge in [-0.3, -0.25) is 9.59 Å². The van der Waals surface area contributed by atoms with Crippen molar-refractivity contribution in [2.45, 2.75) is 6.92 Å². The van der Waals surface area contributed by atoms with Crippen LogP contribution in [0.25, 0.3) is 11.1 Å². The Kier molecular flexibility index (Phi) is 7.19. The van der Waals surface area contributed by atoms with Gasteiger partial charge in [0.1, 0.15) is 6.54 Å². The van der Waals surface area contributed by atoms with Gasteiger partial charge in [0.2, 0.25) is 5.91 Å². The van der Waals surface area contributed by atoms with Gasteiger partial charge >= 0.3 is 0 Å². The molecule has 2 amide bonds. The van der Waals surface area contributed by atoms with Gasteiger partial charge in [-0.15, -0.1) is 11.3 Å². The number of amides is 2. The highest BCUT2D eigenvalue weighted by molar-refractivity contribution is 7.12. The number of anilines is 2. The summed E-state index contributed by atoms with van der Waals surface area (Å²) in [6, 6.07) is 19.6. The topological polar surface area (TPSA) is 61.9 Å². The van der Waals surface area contributed by atoms with Crippen LogP contribution in [0.4, 0.5) is 11.4 Å². The molecule has 0 spiro atoms. The van der Waals surface area contributed by atoms with Crippen LogP contribution in [-0.2, 0) is 9.53 Å². The number of benzene rings is 2. The standard InChI is InChI=1S/C25H27N3O3S/c1-2-27(25(30)24-22(12-17-32-24)19-6-4-3-5-7-19)18-23(29)26-20-8-10-21(11-9-20)28-13-15-31-16-14-28/h3-12,17H,2,13-16,18H2,1H3,(H,26,29). The summed E-state index contributed by atoms with van der Waals surface area (Å²) >= 11 is 1.41. The average molecular weight is 450 g/mol. The first kappa shape index (κ1) is 22.0. The number of carbonyl (C=O) groups excluding carboxylic acids is 2. The van der Waals surface area contributed by atoms with Crippen LogP contribution in [-0.4, -0.2) is 56.1 Å². The number of morpholine rings is 1. The fourth-order valence-electron chi connectivity index (χ4n) is 3.74. The maximum absolute atomic E-state index is 13.2. The molecule has 0 radical (unpaired) electrons. The lowest BCUT2D eigenvalue weighted by atomic mass is 10.1. The summed E-state index contributed by atoms with van der Waals surface area (Å²) in [4.78, 5) is 30.3. The number of hydrogen-bond acceptors (Lipinski definition) is 5. The molecule has 3 aromatic rings. The van der Waals surface area contributed by atoms with Crippen LogP contribution in [0.3, 0.4) is 0 Å². The molecule has 1 fully saturated rings. The van der Waals surface area contributed by atoms with E-state index in [1.54, 1.807) is 4.90 Å². The monoisotopic (exact) mass is 449 g/mol. The summed E-state index contributed by atoms with van der Waals surface area (Å²) < 4.78 is 5.39. The second-order valence-corrected chi connectivity index (χ2v) is 8.46. The third kappa shape index (κ3) is 5.18. The van der Waals surface area contributed by atoms with Gasteiger partial charge in [0, 0.05) is 36.6 Å². The van der Waals surface area contributed by atoms with E-state index in [2.05, 4.69) is 10.2 Å². The van der Waals surface area contributed by atoms with E-state index in [0.717, 1.165) is 48.8 Å². The predicted molar refractivity (Wildman–Crippen MR) is 129 cm³/mol. The third-order valence-corrected chi connectivity index (χ3v) is 6.38. The smallest absolute Gasteiger partial charge is 0.265 e. The molecule has 0 saturated carbocycles. The maximum Gasteiger partial charge on any atom is 0.265 e. The zero-order valence-corrected chi connectivity index (χ0v) is 18.9. The molecule has 1 aliphatic heterocycles. The highest BCUT2D eigenvalue weighted by atomic mass is 32.1. The largest absolute Gasteiger partial charge is 0.378 e. The first-order chi connectivity index (χ1) is 15.7. The summed E-state index contributed by atoms with van der Waals surface area (Å²) in [5, 5.41) is 4.83. The van der Waals surface area contributed by atoms with Gasteiger partial charge in [0.25, 0.3) is 5.91 Å². The Balaban J connectivity index is 1.39. The van der Waals surface area contributed by atoms with Crippen molar-refractivity contribution in [2.75, 3.05) is 49.6 Å². The summed E-state index contributed by atoms with van der Waals surface area (Å²) in [6.45, 7) is 5.55. The van der Waals surface area contributed by atoms with E-state index in [9.17, 15) is 9.59 Å². The normalized spacial score (nSPS) is 13.6. The maximum atomic E-state index is 13.2. The van der Waals surface area contributed by atoms with E-state index in [0.29, 0.717) is 11.4 Å². The third-order valence-electron chi connectivity index (χ3n) is 5.47. The van der Waals surface area contributed by atoms with Gasteiger partial charge in [-0.05, 0) is 48.2 Å².